The maximum atomic E-state index is 12.5. The van der Waals surface area contributed by atoms with Crippen LogP contribution in [0.15, 0.2) is 59.0 Å². The number of halogens is 2. The number of thiocarbonyl (C=S) groups is 1. The quantitative estimate of drug-likeness (QED) is 0.447. The average molecular weight is 503 g/mol. The minimum absolute atomic E-state index is 0.156. The topological polar surface area (TPSA) is 60.8 Å². The van der Waals surface area contributed by atoms with Crippen LogP contribution in [0.2, 0.25) is 10.0 Å². The van der Waals surface area contributed by atoms with Crippen LogP contribution in [0.3, 0.4) is 0 Å². The molecule has 0 saturated carbocycles. The zero-order valence-corrected chi connectivity index (χ0v) is 20.4. The van der Waals surface area contributed by atoms with Crippen molar-refractivity contribution >= 4 is 57.8 Å². The van der Waals surface area contributed by atoms with Gasteiger partial charge in [-0.25, -0.2) is 0 Å². The molecule has 0 radical (unpaired) electrons. The van der Waals surface area contributed by atoms with Gasteiger partial charge in [0.2, 0.25) is 0 Å². The maximum absolute atomic E-state index is 12.5. The SMILES string of the molecule is CCN1CCN(c2ccc(NC(=S)NC(=O)c3ccc(-c4ccc(Cl)cc4)o3)cc2Cl)CC1. The molecule has 1 aliphatic heterocycles. The van der Waals surface area contributed by atoms with Crippen LogP contribution in [0.1, 0.15) is 17.5 Å². The van der Waals surface area contributed by atoms with Gasteiger partial charge in [0.25, 0.3) is 5.91 Å². The normalized spacial score (nSPS) is 14.2. The first-order valence-corrected chi connectivity index (χ1v) is 11.8. The van der Waals surface area contributed by atoms with Gasteiger partial charge in [-0.15, -0.1) is 0 Å². The van der Waals surface area contributed by atoms with Gasteiger partial charge in [0.15, 0.2) is 10.9 Å². The van der Waals surface area contributed by atoms with Crippen molar-refractivity contribution < 1.29 is 9.21 Å². The molecular formula is C24H24Cl2N4O2S. The molecule has 2 aromatic carbocycles. The minimum atomic E-state index is -0.441. The Morgan fingerprint density at radius 3 is 2.42 bits per heavy atom. The number of carbonyl (C=O) groups excluding carboxylic acids is 1. The summed E-state index contributed by atoms with van der Waals surface area (Å²) in [5, 5.41) is 7.07. The van der Waals surface area contributed by atoms with Crippen molar-refractivity contribution in [1.82, 2.24) is 10.2 Å². The van der Waals surface area contributed by atoms with Crippen LogP contribution < -0.4 is 15.5 Å². The van der Waals surface area contributed by atoms with Crippen LogP contribution in [-0.2, 0) is 0 Å². The van der Waals surface area contributed by atoms with E-state index in [2.05, 4.69) is 27.4 Å². The van der Waals surface area contributed by atoms with Crippen molar-refractivity contribution in [2.24, 2.45) is 0 Å². The van der Waals surface area contributed by atoms with Crippen LogP contribution in [0.25, 0.3) is 11.3 Å². The Morgan fingerprint density at radius 1 is 1.03 bits per heavy atom. The summed E-state index contributed by atoms with van der Waals surface area (Å²) >= 11 is 17.8. The highest BCUT2D eigenvalue weighted by molar-refractivity contribution is 7.80. The Hall–Kier alpha value is -2.58. The molecule has 33 heavy (non-hydrogen) atoms. The highest BCUT2D eigenvalue weighted by Crippen LogP contribution is 2.30. The molecule has 1 aliphatic rings. The van der Waals surface area contributed by atoms with E-state index in [1.165, 1.54) is 0 Å². The van der Waals surface area contributed by atoms with Crippen molar-refractivity contribution in [3.8, 4) is 11.3 Å². The van der Waals surface area contributed by atoms with Gasteiger partial charge < -0.3 is 19.5 Å². The Kier molecular flexibility index (Phi) is 7.55. The smallest absolute Gasteiger partial charge is 0.293 e. The van der Waals surface area contributed by atoms with Crippen molar-refractivity contribution in [2.45, 2.75) is 6.92 Å². The van der Waals surface area contributed by atoms with Crippen LogP contribution in [-0.4, -0.2) is 48.6 Å². The molecule has 0 spiro atoms. The summed E-state index contributed by atoms with van der Waals surface area (Å²) in [6, 6.07) is 16.2. The Labute approximate surface area is 208 Å². The molecule has 0 bridgehead atoms. The molecule has 3 aromatic rings. The molecule has 1 saturated heterocycles. The summed E-state index contributed by atoms with van der Waals surface area (Å²) in [5.74, 6) is 0.283. The second-order valence-corrected chi connectivity index (χ2v) is 8.92. The average Bonchev–Trinajstić information content (AvgIpc) is 3.30. The largest absolute Gasteiger partial charge is 0.451 e. The van der Waals surface area contributed by atoms with Gasteiger partial charge in [0.1, 0.15) is 5.76 Å². The van der Waals surface area contributed by atoms with E-state index in [9.17, 15) is 4.79 Å². The number of nitrogens with one attached hydrogen (secondary N) is 2. The summed E-state index contributed by atoms with van der Waals surface area (Å²) < 4.78 is 5.67. The fraction of sp³-hybridized carbons (Fsp3) is 0.250. The van der Waals surface area contributed by atoms with E-state index in [1.54, 1.807) is 24.3 Å². The number of amides is 1. The molecule has 2 heterocycles. The van der Waals surface area contributed by atoms with Crippen molar-refractivity contribution in [2.75, 3.05) is 42.9 Å². The number of hydrogen-bond acceptors (Lipinski definition) is 5. The number of furan rings is 1. The number of rotatable bonds is 5. The van der Waals surface area contributed by atoms with Gasteiger partial charge in [0, 0.05) is 42.5 Å². The third kappa shape index (κ3) is 5.86. The first-order chi connectivity index (χ1) is 15.9. The zero-order chi connectivity index (χ0) is 23.4. The highest BCUT2D eigenvalue weighted by Gasteiger charge is 2.18. The summed E-state index contributed by atoms with van der Waals surface area (Å²) in [7, 11) is 0. The lowest BCUT2D eigenvalue weighted by Gasteiger charge is -2.36. The lowest BCUT2D eigenvalue weighted by Crippen LogP contribution is -2.46. The Morgan fingerprint density at radius 2 is 1.76 bits per heavy atom. The van der Waals surface area contributed by atoms with E-state index in [-0.39, 0.29) is 10.9 Å². The van der Waals surface area contributed by atoms with Gasteiger partial charge in [-0.1, -0.05) is 30.1 Å². The van der Waals surface area contributed by atoms with Crippen LogP contribution >= 0.6 is 35.4 Å². The monoisotopic (exact) mass is 502 g/mol. The molecule has 2 N–H and O–H groups in total. The van der Waals surface area contributed by atoms with Crippen LogP contribution in [0.5, 0.6) is 0 Å². The van der Waals surface area contributed by atoms with Crippen LogP contribution in [0.4, 0.5) is 11.4 Å². The molecule has 0 unspecified atom stereocenters. The summed E-state index contributed by atoms with van der Waals surface area (Å²) in [4.78, 5) is 17.2. The third-order valence-electron chi connectivity index (χ3n) is 5.55. The predicted octanol–water partition coefficient (Wildman–Crippen LogP) is 5.52. The number of piperazine rings is 1. The molecule has 1 amide bonds. The molecule has 9 heteroatoms. The summed E-state index contributed by atoms with van der Waals surface area (Å²) in [5.41, 5.74) is 2.52. The summed E-state index contributed by atoms with van der Waals surface area (Å²) in [6.45, 7) is 7.17. The van der Waals surface area contributed by atoms with E-state index >= 15 is 0 Å². The molecular weight excluding hydrogens is 479 g/mol. The number of hydrogen-bond donors (Lipinski definition) is 2. The first kappa shape index (κ1) is 23.6. The second kappa shape index (κ2) is 10.6. The number of anilines is 2. The van der Waals surface area contributed by atoms with Crippen molar-refractivity contribution in [1.29, 1.82) is 0 Å². The van der Waals surface area contributed by atoms with E-state index in [0.29, 0.717) is 21.5 Å². The van der Waals surface area contributed by atoms with Gasteiger partial charge in [0.05, 0.1) is 10.7 Å². The van der Waals surface area contributed by atoms with Crippen molar-refractivity contribution in [3.05, 3.63) is 70.4 Å². The van der Waals surface area contributed by atoms with Gasteiger partial charge in [-0.05, 0) is 73.4 Å². The molecule has 0 aliphatic carbocycles. The van der Waals surface area contributed by atoms with Crippen molar-refractivity contribution in [3.63, 3.8) is 0 Å². The van der Waals surface area contributed by atoms with Gasteiger partial charge >= 0.3 is 0 Å². The fourth-order valence-electron chi connectivity index (χ4n) is 3.70. The molecule has 4 rings (SSSR count). The van der Waals surface area contributed by atoms with Gasteiger partial charge in [-0.3, -0.25) is 10.1 Å². The standard InChI is InChI=1S/C24H24Cl2N4O2S/c1-2-29-11-13-30(14-12-29)20-8-7-18(15-19(20)26)27-24(33)28-23(31)22-10-9-21(32-22)16-3-5-17(25)6-4-16/h3-10,15H,2,11-14H2,1H3,(H2,27,28,31,33). The molecule has 0 atom stereocenters. The second-order valence-electron chi connectivity index (χ2n) is 7.67. The van der Waals surface area contributed by atoms with Crippen LogP contribution in [0, 0.1) is 0 Å². The Balaban J connectivity index is 1.34. The van der Waals surface area contributed by atoms with E-state index in [1.807, 2.05) is 30.3 Å². The zero-order valence-electron chi connectivity index (χ0n) is 18.1. The van der Waals surface area contributed by atoms with E-state index in [0.717, 1.165) is 44.0 Å². The molecule has 6 nitrogen and oxygen atoms in total. The highest BCUT2D eigenvalue weighted by atomic mass is 35.5. The molecule has 1 aromatic heterocycles. The summed E-state index contributed by atoms with van der Waals surface area (Å²) in [6.07, 6.45) is 0. The lowest BCUT2D eigenvalue weighted by molar-refractivity contribution is 0.0951. The predicted molar refractivity (Wildman–Crippen MR) is 139 cm³/mol. The van der Waals surface area contributed by atoms with E-state index in [4.69, 9.17) is 39.8 Å². The molecule has 172 valence electrons. The maximum Gasteiger partial charge on any atom is 0.293 e. The number of nitrogens with zero attached hydrogens (tertiary/aromatic N) is 2. The minimum Gasteiger partial charge on any atom is -0.451 e. The number of carbonyl (C=O) groups is 1. The number of likely N-dealkylation sites (N-methyl/N-ethyl adjacent to an activating group) is 1. The first-order valence-electron chi connectivity index (χ1n) is 10.7. The van der Waals surface area contributed by atoms with Gasteiger partial charge in [-0.2, -0.15) is 0 Å². The Bertz CT molecular complexity index is 1140. The number of benzene rings is 2. The van der Waals surface area contributed by atoms with E-state index < -0.39 is 5.91 Å². The fourth-order valence-corrected chi connectivity index (χ4v) is 4.34. The lowest BCUT2D eigenvalue weighted by atomic mass is 10.2. The third-order valence-corrected chi connectivity index (χ3v) is 6.31. The molecule has 1 fully saturated rings.